The second kappa shape index (κ2) is 11.7. The number of ether oxygens (including phenoxy) is 1. The van der Waals surface area contributed by atoms with Crippen LogP contribution in [-0.4, -0.2) is 54.9 Å². The first-order valence-electron chi connectivity index (χ1n) is 11.9. The Hall–Kier alpha value is -3.35. The van der Waals surface area contributed by atoms with Crippen molar-refractivity contribution in [3.8, 4) is 5.75 Å². The van der Waals surface area contributed by atoms with Crippen LogP contribution in [0.1, 0.15) is 59.4 Å². The third-order valence-electron chi connectivity index (χ3n) is 6.57. The fraction of sp³-hybridized carbons (Fsp3) is 0.444. The Bertz CT molecular complexity index is 1010. The molecular formula is C27H35N3O4. The molecule has 1 heterocycles. The maximum absolute atomic E-state index is 13.2. The molecule has 1 saturated heterocycles. The number of carbonyl (C=O) groups excluding carboxylic acids is 3. The van der Waals surface area contributed by atoms with E-state index in [2.05, 4.69) is 10.6 Å². The van der Waals surface area contributed by atoms with Gasteiger partial charge >= 0.3 is 0 Å². The number of rotatable bonds is 8. The van der Waals surface area contributed by atoms with Crippen molar-refractivity contribution in [1.29, 1.82) is 0 Å². The minimum Gasteiger partial charge on any atom is -0.497 e. The molecule has 0 bridgehead atoms. The Balaban J connectivity index is 1.71. The number of nitrogens with one attached hydrogen (secondary N) is 2. The van der Waals surface area contributed by atoms with Crippen molar-refractivity contribution in [2.24, 2.45) is 5.92 Å². The van der Waals surface area contributed by atoms with Crippen LogP contribution in [0.15, 0.2) is 48.5 Å². The smallest absolute Gasteiger partial charge is 0.253 e. The van der Waals surface area contributed by atoms with E-state index in [9.17, 15) is 14.4 Å². The summed E-state index contributed by atoms with van der Waals surface area (Å²) in [6, 6.07) is 13.8. The number of methoxy groups -OCH3 is 1. The molecule has 0 spiro atoms. The molecule has 0 saturated carbocycles. The molecular weight excluding hydrogens is 430 g/mol. The van der Waals surface area contributed by atoms with Crippen LogP contribution in [0.5, 0.6) is 5.75 Å². The van der Waals surface area contributed by atoms with Crippen LogP contribution in [0.2, 0.25) is 0 Å². The molecule has 34 heavy (non-hydrogen) atoms. The van der Waals surface area contributed by atoms with Crippen LogP contribution in [0.3, 0.4) is 0 Å². The Kier molecular flexibility index (Phi) is 8.68. The maximum Gasteiger partial charge on any atom is 0.253 e. The standard InChI is InChI=1S/C27H35N3O4/c1-5-19(3)28-26(32)24(29-25(31)23-12-7-6-9-18(23)2)20-13-15-30(16-14-20)27(33)21-10-8-11-22(17-21)34-4/h6-12,17,19-20,24H,5,13-16H2,1-4H3,(H,28,32)(H,29,31)/t19-,24+/m1/s1. The highest BCUT2D eigenvalue weighted by Crippen LogP contribution is 2.24. The zero-order valence-corrected chi connectivity index (χ0v) is 20.5. The molecule has 1 aliphatic rings. The van der Waals surface area contributed by atoms with Gasteiger partial charge in [-0.3, -0.25) is 14.4 Å². The van der Waals surface area contributed by atoms with E-state index in [1.54, 1.807) is 42.3 Å². The molecule has 0 radical (unpaired) electrons. The summed E-state index contributed by atoms with van der Waals surface area (Å²) in [7, 11) is 1.57. The van der Waals surface area contributed by atoms with Crippen LogP contribution in [0.4, 0.5) is 0 Å². The number of piperidine rings is 1. The van der Waals surface area contributed by atoms with Gasteiger partial charge in [0, 0.05) is 30.3 Å². The molecule has 0 unspecified atom stereocenters. The molecule has 2 N–H and O–H groups in total. The van der Waals surface area contributed by atoms with Crippen molar-refractivity contribution in [3.63, 3.8) is 0 Å². The summed E-state index contributed by atoms with van der Waals surface area (Å²) in [4.78, 5) is 41.0. The van der Waals surface area contributed by atoms with E-state index in [4.69, 9.17) is 4.74 Å². The van der Waals surface area contributed by atoms with E-state index in [1.807, 2.05) is 39.0 Å². The monoisotopic (exact) mass is 465 g/mol. The van der Waals surface area contributed by atoms with Gasteiger partial charge < -0.3 is 20.3 Å². The molecule has 2 atom stereocenters. The first-order chi connectivity index (χ1) is 16.3. The predicted molar refractivity (Wildman–Crippen MR) is 132 cm³/mol. The lowest BCUT2D eigenvalue weighted by atomic mass is 9.88. The summed E-state index contributed by atoms with van der Waals surface area (Å²) >= 11 is 0. The maximum atomic E-state index is 13.2. The lowest BCUT2D eigenvalue weighted by Crippen LogP contribution is -2.55. The number of benzene rings is 2. The molecule has 3 rings (SSSR count). The largest absolute Gasteiger partial charge is 0.497 e. The Labute approximate surface area is 201 Å². The summed E-state index contributed by atoms with van der Waals surface area (Å²) in [6.45, 7) is 6.88. The third-order valence-corrected chi connectivity index (χ3v) is 6.57. The lowest BCUT2D eigenvalue weighted by molar-refractivity contribution is -0.125. The minimum atomic E-state index is -0.657. The van der Waals surface area contributed by atoms with Gasteiger partial charge in [0.1, 0.15) is 11.8 Å². The molecule has 7 nitrogen and oxygen atoms in total. The molecule has 2 aromatic carbocycles. The second-order valence-electron chi connectivity index (χ2n) is 8.95. The van der Waals surface area contributed by atoms with E-state index in [0.29, 0.717) is 42.8 Å². The minimum absolute atomic E-state index is 0.0140. The fourth-order valence-electron chi connectivity index (χ4n) is 4.25. The molecule has 7 heteroatoms. The molecule has 1 fully saturated rings. The van der Waals surface area contributed by atoms with Gasteiger partial charge in [0.25, 0.3) is 11.8 Å². The number of amides is 3. The summed E-state index contributed by atoms with van der Waals surface area (Å²) in [5.41, 5.74) is 2.01. The van der Waals surface area contributed by atoms with Gasteiger partial charge in [-0.05, 0) is 68.9 Å². The first-order valence-corrected chi connectivity index (χ1v) is 11.9. The Morgan fingerprint density at radius 2 is 1.76 bits per heavy atom. The Morgan fingerprint density at radius 1 is 1.06 bits per heavy atom. The fourth-order valence-corrected chi connectivity index (χ4v) is 4.25. The zero-order valence-electron chi connectivity index (χ0n) is 20.5. The Morgan fingerprint density at radius 3 is 2.41 bits per heavy atom. The van der Waals surface area contributed by atoms with Gasteiger partial charge in [0.2, 0.25) is 5.91 Å². The van der Waals surface area contributed by atoms with E-state index in [-0.39, 0.29) is 29.7 Å². The topological polar surface area (TPSA) is 87.7 Å². The highest BCUT2D eigenvalue weighted by molar-refractivity contribution is 5.99. The number of aryl methyl sites for hydroxylation is 1. The van der Waals surface area contributed by atoms with E-state index < -0.39 is 6.04 Å². The summed E-state index contributed by atoms with van der Waals surface area (Å²) in [5.74, 6) is 0.0980. The van der Waals surface area contributed by atoms with Crippen molar-refractivity contribution in [1.82, 2.24) is 15.5 Å². The van der Waals surface area contributed by atoms with Crippen LogP contribution >= 0.6 is 0 Å². The van der Waals surface area contributed by atoms with Gasteiger partial charge in [0.15, 0.2) is 0 Å². The normalized spacial score (nSPS) is 15.8. The molecule has 2 aromatic rings. The van der Waals surface area contributed by atoms with Crippen molar-refractivity contribution in [2.45, 2.75) is 52.1 Å². The van der Waals surface area contributed by atoms with Crippen molar-refractivity contribution >= 4 is 17.7 Å². The summed E-state index contributed by atoms with van der Waals surface area (Å²) in [6.07, 6.45) is 2.06. The summed E-state index contributed by atoms with van der Waals surface area (Å²) in [5, 5.41) is 6.02. The number of hydrogen-bond acceptors (Lipinski definition) is 4. The molecule has 0 aromatic heterocycles. The van der Waals surface area contributed by atoms with Crippen molar-refractivity contribution < 1.29 is 19.1 Å². The zero-order chi connectivity index (χ0) is 24.7. The number of nitrogens with zero attached hydrogens (tertiary/aromatic N) is 1. The van der Waals surface area contributed by atoms with Crippen LogP contribution in [0.25, 0.3) is 0 Å². The van der Waals surface area contributed by atoms with Gasteiger partial charge in [-0.1, -0.05) is 31.2 Å². The highest BCUT2D eigenvalue weighted by Gasteiger charge is 2.34. The number of hydrogen-bond donors (Lipinski definition) is 2. The van der Waals surface area contributed by atoms with Crippen molar-refractivity contribution in [3.05, 3.63) is 65.2 Å². The average Bonchev–Trinajstić information content (AvgIpc) is 2.87. The third kappa shape index (κ3) is 6.16. The predicted octanol–water partition coefficient (Wildman–Crippen LogP) is 3.57. The van der Waals surface area contributed by atoms with Crippen LogP contribution < -0.4 is 15.4 Å². The van der Waals surface area contributed by atoms with Crippen LogP contribution in [0, 0.1) is 12.8 Å². The summed E-state index contributed by atoms with van der Waals surface area (Å²) < 4.78 is 5.23. The van der Waals surface area contributed by atoms with Gasteiger partial charge in [-0.15, -0.1) is 0 Å². The van der Waals surface area contributed by atoms with E-state index >= 15 is 0 Å². The number of carbonyl (C=O) groups is 3. The quantitative estimate of drug-likeness (QED) is 0.624. The van der Waals surface area contributed by atoms with Gasteiger partial charge in [0.05, 0.1) is 7.11 Å². The SMILES string of the molecule is CC[C@@H](C)NC(=O)[C@@H](NC(=O)c1ccccc1C)C1CCN(C(=O)c2cccc(OC)c2)CC1. The van der Waals surface area contributed by atoms with Crippen molar-refractivity contribution in [2.75, 3.05) is 20.2 Å². The molecule has 182 valence electrons. The highest BCUT2D eigenvalue weighted by atomic mass is 16.5. The second-order valence-corrected chi connectivity index (χ2v) is 8.95. The van der Waals surface area contributed by atoms with E-state index in [1.165, 1.54) is 0 Å². The van der Waals surface area contributed by atoms with Crippen LogP contribution in [-0.2, 0) is 4.79 Å². The number of likely N-dealkylation sites (tertiary alicyclic amines) is 1. The van der Waals surface area contributed by atoms with E-state index in [0.717, 1.165) is 12.0 Å². The lowest BCUT2D eigenvalue weighted by Gasteiger charge is -2.36. The van der Waals surface area contributed by atoms with Gasteiger partial charge in [-0.2, -0.15) is 0 Å². The molecule has 3 amide bonds. The average molecular weight is 466 g/mol. The molecule has 1 aliphatic heterocycles. The first kappa shape index (κ1) is 25.3. The van der Waals surface area contributed by atoms with Gasteiger partial charge in [-0.25, -0.2) is 0 Å². The molecule has 0 aliphatic carbocycles.